The lowest BCUT2D eigenvalue weighted by atomic mass is 9.99. The molecule has 2 aliphatic rings. The minimum Gasteiger partial charge on any atom is -0.338 e. The number of rotatable bonds is 3. The van der Waals surface area contributed by atoms with Crippen molar-refractivity contribution in [1.82, 2.24) is 9.80 Å². The van der Waals surface area contributed by atoms with Crippen LogP contribution >= 0.6 is 0 Å². The van der Waals surface area contributed by atoms with E-state index in [1.807, 2.05) is 41.3 Å². The summed E-state index contributed by atoms with van der Waals surface area (Å²) in [5.74, 6) is -0.191. The highest BCUT2D eigenvalue weighted by Gasteiger charge is 2.30. The smallest absolute Gasteiger partial charge is 0.240 e. The van der Waals surface area contributed by atoms with Crippen LogP contribution in [0.25, 0.3) is 0 Å². The van der Waals surface area contributed by atoms with Gasteiger partial charge in [-0.05, 0) is 28.7 Å². The van der Waals surface area contributed by atoms with Crippen LogP contribution in [-0.2, 0) is 35.6 Å². The van der Waals surface area contributed by atoms with Gasteiger partial charge in [-0.2, -0.15) is 0 Å². The van der Waals surface area contributed by atoms with Crippen LogP contribution in [0.5, 0.6) is 0 Å². The number of carbonyl (C=O) groups excluding carboxylic acids is 2. The second kappa shape index (κ2) is 6.92. The van der Waals surface area contributed by atoms with Crippen molar-refractivity contribution in [2.24, 2.45) is 5.73 Å². The van der Waals surface area contributed by atoms with Crippen molar-refractivity contribution >= 4 is 11.8 Å². The summed E-state index contributed by atoms with van der Waals surface area (Å²) in [5, 5.41) is 0. The Morgan fingerprint density at radius 3 is 1.96 bits per heavy atom. The topological polar surface area (TPSA) is 66.6 Å². The van der Waals surface area contributed by atoms with Crippen molar-refractivity contribution in [3.63, 3.8) is 0 Å². The Bertz CT molecular complexity index is 824. The Morgan fingerprint density at radius 2 is 1.35 bits per heavy atom. The van der Waals surface area contributed by atoms with E-state index in [1.165, 1.54) is 11.1 Å². The van der Waals surface area contributed by atoms with Crippen LogP contribution in [0.1, 0.15) is 28.7 Å². The van der Waals surface area contributed by atoms with Gasteiger partial charge in [0.05, 0.1) is 12.5 Å². The summed E-state index contributed by atoms with van der Waals surface area (Å²) in [6.45, 7) is 2.44. The molecule has 0 saturated carbocycles. The molecule has 0 aliphatic carbocycles. The molecule has 4 rings (SSSR count). The first-order valence-electron chi connectivity index (χ1n) is 9.07. The van der Waals surface area contributed by atoms with E-state index in [4.69, 9.17) is 5.73 Å². The number of hydrogen-bond donors (Lipinski definition) is 1. The fraction of sp³-hybridized carbons (Fsp3) is 0.333. The third kappa shape index (κ3) is 3.22. The summed E-state index contributed by atoms with van der Waals surface area (Å²) in [6, 6.07) is 15.4. The molecule has 0 aromatic heterocycles. The molecule has 1 atom stereocenters. The van der Waals surface area contributed by atoms with E-state index in [9.17, 15) is 9.59 Å². The Kier molecular flexibility index (Phi) is 4.47. The van der Waals surface area contributed by atoms with Crippen LogP contribution in [0.3, 0.4) is 0 Å². The summed E-state index contributed by atoms with van der Waals surface area (Å²) >= 11 is 0. The fourth-order valence-electron chi connectivity index (χ4n) is 3.84. The molecule has 134 valence electrons. The average molecular weight is 349 g/mol. The van der Waals surface area contributed by atoms with Crippen LogP contribution in [0, 0.1) is 0 Å². The van der Waals surface area contributed by atoms with Crippen molar-refractivity contribution in [1.29, 1.82) is 0 Å². The first-order chi connectivity index (χ1) is 12.6. The standard InChI is InChI=1S/C21H23N3O2/c22-19(21(26)24-13-17-7-3-4-8-18(17)14-24)11-20(25)23-10-9-15-5-1-2-6-16(15)12-23/h1-8,19H,9-14,22H2. The molecule has 5 heteroatoms. The van der Waals surface area contributed by atoms with Crippen molar-refractivity contribution < 1.29 is 9.59 Å². The predicted molar refractivity (Wildman–Crippen MR) is 98.9 cm³/mol. The number of amides is 2. The Balaban J connectivity index is 1.36. The van der Waals surface area contributed by atoms with Crippen LogP contribution in [0.15, 0.2) is 48.5 Å². The third-order valence-corrected chi connectivity index (χ3v) is 5.35. The summed E-state index contributed by atoms with van der Waals surface area (Å²) in [4.78, 5) is 28.8. The predicted octanol–water partition coefficient (Wildman–Crippen LogP) is 1.83. The van der Waals surface area contributed by atoms with Crippen LogP contribution in [0.4, 0.5) is 0 Å². The van der Waals surface area contributed by atoms with Gasteiger partial charge in [0.2, 0.25) is 11.8 Å². The summed E-state index contributed by atoms with van der Waals surface area (Å²) in [5.41, 5.74) is 10.9. The van der Waals surface area contributed by atoms with Gasteiger partial charge in [0.15, 0.2) is 0 Å². The maximum absolute atomic E-state index is 12.7. The van der Waals surface area contributed by atoms with E-state index in [2.05, 4.69) is 12.1 Å². The molecule has 2 aromatic carbocycles. The van der Waals surface area contributed by atoms with Gasteiger partial charge in [-0.1, -0.05) is 48.5 Å². The van der Waals surface area contributed by atoms with Crippen molar-refractivity contribution in [2.45, 2.75) is 38.5 Å². The van der Waals surface area contributed by atoms with Gasteiger partial charge in [-0.25, -0.2) is 0 Å². The molecule has 0 bridgehead atoms. The molecule has 0 radical (unpaired) electrons. The largest absolute Gasteiger partial charge is 0.338 e. The van der Waals surface area contributed by atoms with Crippen molar-refractivity contribution in [2.75, 3.05) is 6.54 Å². The van der Waals surface area contributed by atoms with Gasteiger partial charge in [0.1, 0.15) is 0 Å². The SMILES string of the molecule is NC(CC(=O)N1CCc2ccccc2C1)C(=O)N1Cc2ccccc2C1. The molecule has 0 saturated heterocycles. The zero-order valence-electron chi connectivity index (χ0n) is 14.7. The van der Waals surface area contributed by atoms with E-state index >= 15 is 0 Å². The van der Waals surface area contributed by atoms with E-state index < -0.39 is 6.04 Å². The zero-order chi connectivity index (χ0) is 18.1. The van der Waals surface area contributed by atoms with E-state index in [-0.39, 0.29) is 18.2 Å². The molecule has 5 nitrogen and oxygen atoms in total. The van der Waals surface area contributed by atoms with Crippen LogP contribution in [-0.4, -0.2) is 34.2 Å². The molecule has 0 spiro atoms. The highest BCUT2D eigenvalue weighted by Crippen LogP contribution is 2.23. The minimum absolute atomic E-state index is 0.0444. The summed E-state index contributed by atoms with van der Waals surface area (Å²) in [7, 11) is 0. The lowest BCUT2D eigenvalue weighted by molar-refractivity contribution is -0.139. The zero-order valence-corrected chi connectivity index (χ0v) is 14.7. The first kappa shape index (κ1) is 16.8. The molecule has 2 N–H and O–H groups in total. The molecular weight excluding hydrogens is 326 g/mol. The molecular formula is C21H23N3O2. The maximum Gasteiger partial charge on any atom is 0.240 e. The van der Waals surface area contributed by atoms with Gasteiger partial charge in [0, 0.05) is 26.2 Å². The average Bonchev–Trinajstić information content (AvgIpc) is 3.11. The third-order valence-electron chi connectivity index (χ3n) is 5.35. The Morgan fingerprint density at radius 1 is 0.846 bits per heavy atom. The lowest BCUT2D eigenvalue weighted by Crippen LogP contribution is -2.45. The molecule has 26 heavy (non-hydrogen) atoms. The second-order valence-corrected chi connectivity index (χ2v) is 7.11. The van der Waals surface area contributed by atoms with Crippen molar-refractivity contribution in [3.05, 3.63) is 70.8 Å². The lowest BCUT2D eigenvalue weighted by Gasteiger charge is -2.30. The first-order valence-corrected chi connectivity index (χ1v) is 9.07. The highest BCUT2D eigenvalue weighted by molar-refractivity contribution is 5.88. The molecule has 1 unspecified atom stereocenters. The van der Waals surface area contributed by atoms with Gasteiger partial charge in [0.25, 0.3) is 0 Å². The second-order valence-electron chi connectivity index (χ2n) is 7.11. The maximum atomic E-state index is 12.7. The van der Waals surface area contributed by atoms with E-state index in [0.29, 0.717) is 26.2 Å². The summed E-state index contributed by atoms with van der Waals surface area (Å²) in [6.07, 6.45) is 0.917. The molecule has 2 aliphatic heterocycles. The Hall–Kier alpha value is -2.66. The molecule has 0 fully saturated rings. The number of nitrogens with two attached hydrogens (primary N) is 1. The number of fused-ring (bicyclic) bond motifs is 2. The monoisotopic (exact) mass is 349 g/mol. The molecule has 2 amide bonds. The van der Waals surface area contributed by atoms with Crippen molar-refractivity contribution in [3.8, 4) is 0 Å². The van der Waals surface area contributed by atoms with Gasteiger partial charge in [-0.15, -0.1) is 0 Å². The number of hydrogen-bond acceptors (Lipinski definition) is 3. The number of nitrogens with zero attached hydrogens (tertiary/aromatic N) is 2. The fourth-order valence-corrected chi connectivity index (χ4v) is 3.84. The minimum atomic E-state index is -0.783. The van der Waals surface area contributed by atoms with Crippen LogP contribution in [0.2, 0.25) is 0 Å². The number of carbonyl (C=O) groups is 2. The highest BCUT2D eigenvalue weighted by atomic mass is 16.2. The molecule has 2 heterocycles. The van der Waals surface area contributed by atoms with Gasteiger partial charge in [-0.3, -0.25) is 9.59 Å². The van der Waals surface area contributed by atoms with Crippen LogP contribution < -0.4 is 5.73 Å². The molecule has 2 aromatic rings. The van der Waals surface area contributed by atoms with Gasteiger partial charge < -0.3 is 15.5 Å². The van der Waals surface area contributed by atoms with Gasteiger partial charge >= 0.3 is 0 Å². The van der Waals surface area contributed by atoms with E-state index in [0.717, 1.165) is 17.5 Å². The Labute approximate surface area is 153 Å². The van der Waals surface area contributed by atoms with E-state index in [1.54, 1.807) is 4.90 Å². The number of benzene rings is 2. The quantitative estimate of drug-likeness (QED) is 0.919. The normalized spacial score (nSPS) is 16.8. The summed E-state index contributed by atoms with van der Waals surface area (Å²) < 4.78 is 0.